The second-order valence-corrected chi connectivity index (χ2v) is 6.43. The molecule has 2 unspecified atom stereocenters. The van der Waals surface area contributed by atoms with Crippen molar-refractivity contribution in [3.8, 4) is 0 Å². The Hall–Kier alpha value is -1.31. The lowest BCUT2D eigenvalue weighted by Crippen LogP contribution is -2.30. The first-order chi connectivity index (χ1) is 8.88. The highest BCUT2D eigenvalue weighted by atomic mass is 16.2. The van der Waals surface area contributed by atoms with Crippen molar-refractivity contribution in [2.24, 2.45) is 5.92 Å². The number of benzene rings is 1. The molecular weight excluding hydrogens is 234 g/mol. The molecule has 0 saturated carbocycles. The van der Waals surface area contributed by atoms with E-state index in [1.165, 1.54) is 22.3 Å². The molecule has 0 radical (unpaired) electrons. The van der Waals surface area contributed by atoms with Crippen LogP contribution < -0.4 is 5.32 Å². The highest BCUT2D eigenvalue weighted by Gasteiger charge is 2.35. The Morgan fingerprint density at radius 2 is 1.79 bits per heavy atom. The third-order valence-electron chi connectivity index (χ3n) is 4.07. The van der Waals surface area contributed by atoms with Crippen molar-refractivity contribution < 1.29 is 4.79 Å². The summed E-state index contributed by atoms with van der Waals surface area (Å²) in [5.74, 6) is 1.16. The van der Waals surface area contributed by atoms with Crippen LogP contribution in [0.5, 0.6) is 0 Å². The minimum Gasteiger partial charge on any atom is -0.353 e. The second-order valence-electron chi connectivity index (χ2n) is 6.43. The van der Waals surface area contributed by atoms with Crippen molar-refractivity contribution in [1.29, 1.82) is 0 Å². The molecule has 0 aliphatic carbocycles. The van der Waals surface area contributed by atoms with Crippen molar-refractivity contribution in [3.63, 3.8) is 0 Å². The van der Waals surface area contributed by atoms with Crippen LogP contribution in [-0.4, -0.2) is 11.9 Å². The van der Waals surface area contributed by atoms with E-state index in [0.717, 1.165) is 6.42 Å². The number of amides is 1. The summed E-state index contributed by atoms with van der Waals surface area (Å²) in [5, 5.41) is 3.16. The maximum atomic E-state index is 11.8. The summed E-state index contributed by atoms with van der Waals surface area (Å²) in [4.78, 5) is 11.8. The fraction of sp³-hybridized carbons (Fsp3) is 0.588. The van der Waals surface area contributed by atoms with E-state index in [2.05, 4.69) is 52.1 Å². The van der Waals surface area contributed by atoms with E-state index in [1.54, 1.807) is 0 Å². The molecule has 19 heavy (non-hydrogen) atoms. The molecule has 1 N–H and O–H groups in total. The zero-order valence-corrected chi connectivity index (χ0v) is 12.7. The van der Waals surface area contributed by atoms with E-state index in [4.69, 9.17) is 0 Å². The van der Waals surface area contributed by atoms with Gasteiger partial charge in [-0.05, 0) is 49.8 Å². The zero-order valence-electron chi connectivity index (χ0n) is 12.7. The molecule has 2 rings (SSSR count). The maximum absolute atomic E-state index is 11.8. The lowest BCUT2D eigenvalue weighted by molar-refractivity contribution is -0.119. The van der Waals surface area contributed by atoms with Crippen LogP contribution in [0.1, 0.15) is 54.9 Å². The number of rotatable bonds is 3. The Balaban J connectivity index is 2.36. The largest absolute Gasteiger partial charge is 0.353 e. The molecule has 0 aromatic heterocycles. The predicted octanol–water partition coefficient (Wildman–Crippen LogP) is 3.63. The Labute approximate surface area is 116 Å². The first-order valence-electron chi connectivity index (χ1n) is 7.25. The summed E-state index contributed by atoms with van der Waals surface area (Å²) < 4.78 is 0. The monoisotopic (exact) mass is 259 g/mol. The van der Waals surface area contributed by atoms with Crippen molar-refractivity contribution in [3.05, 3.63) is 34.4 Å². The fourth-order valence-corrected chi connectivity index (χ4v) is 3.52. The molecular formula is C17H25NO. The molecule has 1 amide bonds. The molecule has 0 spiro atoms. The molecule has 1 heterocycles. The van der Waals surface area contributed by atoms with Gasteiger partial charge in [0.1, 0.15) is 0 Å². The van der Waals surface area contributed by atoms with Gasteiger partial charge in [-0.15, -0.1) is 0 Å². The Morgan fingerprint density at radius 1 is 1.21 bits per heavy atom. The molecule has 1 aromatic carbocycles. The van der Waals surface area contributed by atoms with Gasteiger partial charge < -0.3 is 5.32 Å². The second kappa shape index (κ2) is 5.36. The van der Waals surface area contributed by atoms with Crippen LogP contribution in [-0.2, 0) is 4.79 Å². The number of hydrogen-bond donors (Lipinski definition) is 1. The van der Waals surface area contributed by atoms with Crippen molar-refractivity contribution in [2.45, 2.75) is 59.4 Å². The van der Waals surface area contributed by atoms with Crippen LogP contribution in [0, 0.1) is 26.7 Å². The molecule has 2 heteroatoms. The molecule has 0 bridgehead atoms. The van der Waals surface area contributed by atoms with Gasteiger partial charge in [-0.2, -0.15) is 0 Å². The van der Waals surface area contributed by atoms with Gasteiger partial charge in [0.2, 0.25) is 5.91 Å². The normalized spacial score (nSPS) is 22.9. The van der Waals surface area contributed by atoms with Gasteiger partial charge in [0.15, 0.2) is 0 Å². The molecule has 1 aromatic rings. The summed E-state index contributed by atoms with van der Waals surface area (Å²) in [6, 6.07) is 4.77. The first kappa shape index (κ1) is 14.1. The summed E-state index contributed by atoms with van der Waals surface area (Å²) >= 11 is 0. The molecule has 2 atom stereocenters. The van der Waals surface area contributed by atoms with Crippen LogP contribution >= 0.6 is 0 Å². The minimum absolute atomic E-state index is 0.204. The topological polar surface area (TPSA) is 29.1 Å². The Kier molecular flexibility index (Phi) is 3.98. The Bertz CT molecular complexity index is 467. The average molecular weight is 259 g/mol. The third-order valence-corrected chi connectivity index (χ3v) is 4.07. The van der Waals surface area contributed by atoms with Crippen LogP contribution in [0.3, 0.4) is 0 Å². The van der Waals surface area contributed by atoms with Crippen LogP contribution in [0.15, 0.2) is 12.1 Å². The van der Waals surface area contributed by atoms with E-state index in [1.807, 2.05) is 0 Å². The van der Waals surface area contributed by atoms with E-state index in [-0.39, 0.29) is 5.91 Å². The van der Waals surface area contributed by atoms with E-state index in [0.29, 0.717) is 24.3 Å². The van der Waals surface area contributed by atoms with E-state index >= 15 is 0 Å². The summed E-state index contributed by atoms with van der Waals surface area (Å²) in [6.07, 6.45) is 1.70. The lowest BCUT2D eigenvalue weighted by Gasteiger charge is -2.24. The first-order valence-corrected chi connectivity index (χ1v) is 7.25. The number of hydrogen-bond acceptors (Lipinski definition) is 1. The van der Waals surface area contributed by atoms with Gasteiger partial charge in [0.25, 0.3) is 0 Å². The van der Waals surface area contributed by atoms with Crippen molar-refractivity contribution in [1.82, 2.24) is 5.32 Å². The summed E-state index contributed by atoms with van der Waals surface area (Å²) in [5.41, 5.74) is 5.34. The fourth-order valence-electron chi connectivity index (χ4n) is 3.52. The van der Waals surface area contributed by atoms with E-state index < -0.39 is 0 Å². The van der Waals surface area contributed by atoms with Crippen molar-refractivity contribution in [2.75, 3.05) is 0 Å². The minimum atomic E-state index is 0.204. The molecule has 1 aliphatic rings. The zero-order chi connectivity index (χ0) is 14.2. The van der Waals surface area contributed by atoms with Gasteiger partial charge in [-0.3, -0.25) is 4.79 Å². The van der Waals surface area contributed by atoms with Crippen LogP contribution in [0.4, 0.5) is 0 Å². The SMILES string of the molecule is Cc1cc(C)c(C2CC(=O)NC2CC(C)C)c(C)c1. The maximum Gasteiger partial charge on any atom is 0.220 e. The van der Waals surface area contributed by atoms with Crippen LogP contribution in [0.2, 0.25) is 0 Å². The smallest absolute Gasteiger partial charge is 0.220 e. The molecule has 1 fully saturated rings. The highest BCUT2D eigenvalue weighted by Crippen LogP contribution is 2.35. The van der Waals surface area contributed by atoms with Gasteiger partial charge in [0, 0.05) is 18.4 Å². The summed E-state index contributed by atoms with van der Waals surface area (Å²) in [7, 11) is 0. The summed E-state index contributed by atoms with van der Waals surface area (Å²) in [6.45, 7) is 10.9. The third kappa shape index (κ3) is 2.99. The molecule has 2 nitrogen and oxygen atoms in total. The quantitative estimate of drug-likeness (QED) is 0.882. The number of carbonyl (C=O) groups excluding carboxylic acids is 1. The van der Waals surface area contributed by atoms with Crippen molar-refractivity contribution >= 4 is 5.91 Å². The standard InChI is InChI=1S/C17H25NO/c1-10(2)6-15-14(9-16(19)18-15)17-12(4)7-11(3)8-13(17)5/h7-8,10,14-15H,6,9H2,1-5H3,(H,18,19). The number of nitrogens with one attached hydrogen (secondary N) is 1. The van der Waals surface area contributed by atoms with Gasteiger partial charge >= 0.3 is 0 Å². The van der Waals surface area contributed by atoms with Crippen LogP contribution in [0.25, 0.3) is 0 Å². The Morgan fingerprint density at radius 3 is 2.32 bits per heavy atom. The molecule has 104 valence electrons. The van der Waals surface area contributed by atoms with Gasteiger partial charge in [0.05, 0.1) is 0 Å². The molecule has 1 saturated heterocycles. The molecule has 1 aliphatic heterocycles. The number of carbonyl (C=O) groups is 1. The number of aryl methyl sites for hydroxylation is 3. The van der Waals surface area contributed by atoms with Gasteiger partial charge in [-0.1, -0.05) is 31.5 Å². The lowest BCUT2D eigenvalue weighted by atomic mass is 9.82. The van der Waals surface area contributed by atoms with E-state index in [9.17, 15) is 4.79 Å². The highest BCUT2D eigenvalue weighted by molar-refractivity contribution is 5.80. The predicted molar refractivity (Wildman–Crippen MR) is 79.4 cm³/mol. The average Bonchev–Trinajstić information content (AvgIpc) is 2.56. The van der Waals surface area contributed by atoms with Gasteiger partial charge in [-0.25, -0.2) is 0 Å².